The number of benzene rings is 2. The second-order valence-corrected chi connectivity index (χ2v) is 7.27. The highest BCUT2D eigenvalue weighted by Crippen LogP contribution is 2.40. The minimum absolute atomic E-state index is 0.285. The largest absolute Gasteiger partial charge is 0.298 e. The van der Waals surface area contributed by atoms with Crippen molar-refractivity contribution in [1.82, 2.24) is 4.67 Å². The van der Waals surface area contributed by atoms with Crippen molar-refractivity contribution in [1.29, 1.82) is 0 Å². The molecule has 0 spiro atoms. The molecule has 0 bridgehead atoms. The first-order valence-corrected chi connectivity index (χ1v) is 9.82. The number of rotatable bonds is 8. The van der Waals surface area contributed by atoms with E-state index in [4.69, 9.17) is 0 Å². The van der Waals surface area contributed by atoms with E-state index < -0.39 is 5.41 Å². The first-order valence-electron chi connectivity index (χ1n) is 8.53. The van der Waals surface area contributed by atoms with Gasteiger partial charge in [-0.2, -0.15) is 0 Å². The molecule has 127 valence electrons. The molecule has 0 amide bonds. The minimum Gasteiger partial charge on any atom is -0.298 e. The average molecular weight is 340 g/mol. The van der Waals surface area contributed by atoms with E-state index in [1.165, 1.54) is 8.73 Å². The van der Waals surface area contributed by atoms with Crippen molar-refractivity contribution in [3.8, 4) is 0 Å². The van der Waals surface area contributed by atoms with E-state index in [0.29, 0.717) is 12.5 Å². The molecule has 24 heavy (non-hydrogen) atoms. The maximum Gasteiger partial charge on any atom is 0.147 e. The monoisotopic (exact) mass is 340 g/mol. The molecule has 0 heterocycles. The van der Waals surface area contributed by atoms with Crippen molar-refractivity contribution in [2.45, 2.75) is 38.1 Å². The Kier molecular flexibility index (Phi) is 6.71. The standard InChI is InChI=1S/C21H27NOP/c1-5-20(23)21(16-17(2)22(3)24-4,18-12-8-6-9-13-18)19-14-10-7-11-15-19/h6-15,17H,5,16H2,1-4H3. The van der Waals surface area contributed by atoms with Crippen molar-refractivity contribution < 1.29 is 4.79 Å². The number of carbonyl (C=O) groups excluding carboxylic acids is 1. The Bertz CT molecular complexity index is 602. The van der Waals surface area contributed by atoms with E-state index in [0.717, 1.165) is 17.5 Å². The Morgan fingerprint density at radius 3 is 1.88 bits per heavy atom. The lowest BCUT2D eigenvalue weighted by Gasteiger charge is -2.38. The second kappa shape index (κ2) is 8.55. The maximum atomic E-state index is 13.3. The topological polar surface area (TPSA) is 20.3 Å². The summed E-state index contributed by atoms with van der Waals surface area (Å²) in [5.41, 5.74) is 1.60. The highest BCUT2D eigenvalue weighted by atomic mass is 31.1. The van der Waals surface area contributed by atoms with E-state index in [1.807, 2.05) is 43.3 Å². The van der Waals surface area contributed by atoms with Crippen molar-refractivity contribution >= 4 is 14.5 Å². The Morgan fingerprint density at radius 2 is 1.50 bits per heavy atom. The van der Waals surface area contributed by atoms with Gasteiger partial charge in [0.1, 0.15) is 5.78 Å². The molecule has 1 radical (unpaired) electrons. The molecule has 0 saturated carbocycles. The number of hydrogen-bond acceptors (Lipinski definition) is 2. The van der Waals surface area contributed by atoms with Crippen LogP contribution in [0.15, 0.2) is 60.7 Å². The third-order valence-electron chi connectivity index (χ3n) is 4.89. The lowest BCUT2D eigenvalue weighted by atomic mass is 9.67. The Balaban J connectivity index is 2.63. The smallest absolute Gasteiger partial charge is 0.147 e. The molecule has 0 aliphatic rings. The summed E-state index contributed by atoms with van der Waals surface area (Å²) >= 11 is 0. The summed E-state index contributed by atoms with van der Waals surface area (Å²) in [7, 11) is 3.33. The fraction of sp³-hybridized carbons (Fsp3) is 0.381. The van der Waals surface area contributed by atoms with Crippen molar-refractivity contribution in [3.05, 3.63) is 71.8 Å². The van der Waals surface area contributed by atoms with Gasteiger partial charge in [-0.1, -0.05) is 67.6 Å². The summed E-state index contributed by atoms with van der Waals surface area (Å²) in [5.74, 6) is 0.285. The SMILES string of the molecule is CCC(=O)C(CC(C)N(C)[P]C)(c1ccccc1)c1ccccc1. The van der Waals surface area contributed by atoms with Gasteiger partial charge in [-0.15, -0.1) is 0 Å². The minimum atomic E-state index is -0.588. The molecular weight excluding hydrogens is 313 g/mol. The van der Waals surface area contributed by atoms with E-state index >= 15 is 0 Å². The molecule has 1 unspecified atom stereocenters. The van der Waals surface area contributed by atoms with Crippen LogP contribution in [0.25, 0.3) is 0 Å². The number of hydrogen-bond donors (Lipinski definition) is 0. The Labute approximate surface area is 148 Å². The molecule has 0 N–H and O–H groups in total. The molecule has 2 nitrogen and oxygen atoms in total. The molecule has 0 aliphatic carbocycles. The van der Waals surface area contributed by atoms with Crippen LogP contribution in [-0.2, 0) is 10.2 Å². The van der Waals surface area contributed by atoms with Crippen LogP contribution in [0.1, 0.15) is 37.8 Å². The molecule has 0 saturated heterocycles. The first-order chi connectivity index (χ1) is 11.6. The maximum absolute atomic E-state index is 13.3. The van der Waals surface area contributed by atoms with Gasteiger partial charge in [0.05, 0.1) is 5.41 Å². The van der Waals surface area contributed by atoms with Gasteiger partial charge in [-0.05, 0) is 38.2 Å². The van der Waals surface area contributed by atoms with Crippen LogP contribution in [-0.4, -0.2) is 30.2 Å². The van der Waals surface area contributed by atoms with Crippen LogP contribution in [0.2, 0.25) is 0 Å². The fourth-order valence-electron chi connectivity index (χ4n) is 3.36. The molecule has 0 fully saturated rings. The Morgan fingerprint density at radius 1 is 1.04 bits per heavy atom. The number of nitrogens with zero attached hydrogens (tertiary/aromatic N) is 1. The fourth-order valence-corrected chi connectivity index (χ4v) is 3.83. The summed E-state index contributed by atoms with van der Waals surface area (Å²) in [6, 6.07) is 20.8. The molecule has 2 aromatic carbocycles. The van der Waals surface area contributed by atoms with Gasteiger partial charge in [0.2, 0.25) is 0 Å². The number of carbonyl (C=O) groups is 1. The van der Waals surface area contributed by atoms with Gasteiger partial charge in [0.15, 0.2) is 0 Å². The van der Waals surface area contributed by atoms with Crippen molar-refractivity contribution in [2.75, 3.05) is 13.7 Å². The zero-order chi connectivity index (χ0) is 17.6. The van der Waals surface area contributed by atoms with Crippen molar-refractivity contribution in [3.63, 3.8) is 0 Å². The van der Waals surface area contributed by atoms with E-state index in [2.05, 4.69) is 49.6 Å². The average Bonchev–Trinajstić information content (AvgIpc) is 2.66. The predicted molar refractivity (Wildman–Crippen MR) is 104 cm³/mol. The summed E-state index contributed by atoms with van der Waals surface area (Å²) in [5, 5.41) is 0. The highest BCUT2D eigenvalue weighted by Gasteiger charge is 2.42. The van der Waals surface area contributed by atoms with Crippen LogP contribution < -0.4 is 0 Å². The van der Waals surface area contributed by atoms with Crippen LogP contribution in [0.4, 0.5) is 0 Å². The Hall–Kier alpha value is -1.50. The second-order valence-electron chi connectivity index (χ2n) is 6.24. The van der Waals surface area contributed by atoms with Crippen LogP contribution in [0.5, 0.6) is 0 Å². The van der Waals surface area contributed by atoms with Gasteiger partial charge < -0.3 is 0 Å². The quantitative estimate of drug-likeness (QED) is 0.619. The lowest BCUT2D eigenvalue weighted by Crippen LogP contribution is -2.42. The van der Waals surface area contributed by atoms with E-state index in [-0.39, 0.29) is 5.78 Å². The normalized spacial score (nSPS) is 13.5. The number of ketones is 1. The lowest BCUT2D eigenvalue weighted by molar-refractivity contribution is -0.123. The van der Waals surface area contributed by atoms with Gasteiger partial charge in [-0.3, -0.25) is 9.46 Å². The zero-order valence-electron chi connectivity index (χ0n) is 15.1. The third-order valence-corrected chi connectivity index (χ3v) is 5.91. The number of Topliss-reactive ketones (excluding diaryl/α,β-unsaturated/α-hetero) is 1. The summed E-state index contributed by atoms with van der Waals surface area (Å²) < 4.78 is 2.28. The van der Waals surface area contributed by atoms with E-state index in [9.17, 15) is 4.79 Å². The van der Waals surface area contributed by atoms with Crippen LogP contribution in [0.3, 0.4) is 0 Å². The molecule has 3 heteroatoms. The molecule has 2 aromatic rings. The summed E-state index contributed by atoms with van der Waals surface area (Å²) in [4.78, 5) is 13.3. The predicted octanol–water partition coefficient (Wildman–Crippen LogP) is 5.15. The van der Waals surface area contributed by atoms with Crippen LogP contribution in [0, 0.1) is 0 Å². The molecule has 2 rings (SSSR count). The van der Waals surface area contributed by atoms with Gasteiger partial charge in [-0.25, -0.2) is 0 Å². The van der Waals surface area contributed by atoms with Gasteiger partial charge >= 0.3 is 0 Å². The first kappa shape index (κ1) is 18.8. The summed E-state index contributed by atoms with van der Waals surface area (Å²) in [6.07, 6.45) is 1.31. The van der Waals surface area contributed by atoms with Gasteiger partial charge in [0, 0.05) is 21.2 Å². The van der Waals surface area contributed by atoms with Gasteiger partial charge in [0.25, 0.3) is 0 Å². The molecular formula is C21H27NOP. The highest BCUT2D eigenvalue weighted by molar-refractivity contribution is 7.34. The van der Waals surface area contributed by atoms with Crippen molar-refractivity contribution in [2.24, 2.45) is 0 Å². The third kappa shape index (κ3) is 3.77. The molecule has 1 atom stereocenters. The van der Waals surface area contributed by atoms with E-state index in [1.54, 1.807) is 0 Å². The summed E-state index contributed by atoms with van der Waals surface area (Å²) in [6.45, 7) is 6.31. The molecule has 0 aliphatic heterocycles. The zero-order valence-corrected chi connectivity index (χ0v) is 16.0. The molecule has 0 aromatic heterocycles. The van der Waals surface area contributed by atoms with Crippen LogP contribution >= 0.6 is 8.73 Å².